The number of nitrogens with zero attached hydrogens (tertiary/aromatic N) is 1. The number of ketones is 1. The van der Waals surface area contributed by atoms with Crippen molar-refractivity contribution >= 4 is 17.4 Å². The summed E-state index contributed by atoms with van der Waals surface area (Å²) >= 11 is 0. The maximum absolute atomic E-state index is 14.1. The molecule has 1 N–H and O–H groups in total. The Bertz CT molecular complexity index is 1220. The summed E-state index contributed by atoms with van der Waals surface area (Å²) in [7, 11) is 0. The Balaban J connectivity index is 1.56. The van der Waals surface area contributed by atoms with E-state index in [-0.39, 0.29) is 23.6 Å². The Labute approximate surface area is 192 Å². The normalized spacial score (nSPS) is 16.0. The highest BCUT2D eigenvalue weighted by Crippen LogP contribution is 2.28. The first-order valence-corrected chi connectivity index (χ1v) is 10.5. The number of nitrogens with one attached hydrogen (secondary N) is 1. The number of hydrogen-bond donors (Lipinski definition) is 1. The second kappa shape index (κ2) is 9.72. The van der Waals surface area contributed by atoms with Gasteiger partial charge in [0, 0.05) is 23.2 Å². The summed E-state index contributed by atoms with van der Waals surface area (Å²) in [6, 6.07) is 14.0. The van der Waals surface area contributed by atoms with E-state index < -0.39 is 53.1 Å². The van der Waals surface area contributed by atoms with Crippen molar-refractivity contribution in [1.29, 1.82) is 0 Å². The molecule has 1 fully saturated rings. The Morgan fingerprint density at radius 3 is 2.09 bits per heavy atom. The molecule has 1 saturated heterocycles. The molecule has 1 heterocycles. The number of halogens is 5. The predicted molar refractivity (Wildman–Crippen MR) is 115 cm³/mol. The molecule has 3 aromatic carbocycles. The molecule has 1 aliphatic rings. The van der Waals surface area contributed by atoms with Gasteiger partial charge in [-0.3, -0.25) is 14.5 Å². The zero-order valence-corrected chi connectivity index (χ0v) is 17.8. The highest BCUT2D eigenvalue weighted by Gasteiger charge is 2.34. The molecule has 1 amide bonds. The van der Waals surface area contributed by atoms with Crippen molar-refractivity contribution in [2.24, 2.45) is 0 Å². The molecule has 0 radical (unpaired) electrons. The molecule has 0 unspecified atom stereocenters. The van der Waals surface area contributed by atoms with Gasteiger partial charge in [-0.2, -0.15) is 0 Å². The van der Waals surface area contributed by atoms with Crippen LogP contribution in [0.2, 0.25) is 0 Å². The highest BCUT2D eigenvalue weighted by atomic mass is 19.2. The van der Waals surface area contributed by atoms with Crippen LogP contribution in [0.4, 0.5) is 27.6 Å². The molecule has 9 heteroatoms. The molecular weight excluding hydrogens is 455 g/mol. The minimum atomic E-state index is -2.23. The van der Waals surface area contributed by atoms with Gasteiger partial charge in [0.05, 0.1) is 11.7 Å². The van der Waals surface area contributed by atoms with E-state index in [4.69, 9.17) is 0 Å². The Kier molecular flexibility index (Phi) is 6.74. The number of carbonyl (C=O) groups excluding carboxylic acids is 2. The molecule has 1 aliphatic heterocycles. The molecule has 176 valence electrons. The lowest BCUT2D eigenvalue weighted by Crippen LogP contribution is -2.40. The van der Waals surface area contributed by atoms with Crippen LogP contribution in [0, 0.1) is 29.1 Å². The molecule has 0 aromatic heterocycles. The fourth-order valence-corrected chi connectivity index (χ4v) is 4.06. The SMILES string of the molecule is O=C(c1ccccc1)c1ccccc1NC(=O)[C@@H]1CCCN1Cc1c(F)c(F)c(F)c(F)c1F. The number of carbonyl (C=O) groups is 2. The maximum Gasteiger partial charge on any atom is 0.241 e. The molecule has 34 heavy (non-hydrogen) atoms. The van der Waals surface area contributed by atoms with Crippen LogP contribution in [0.5, 0.6) is 0 Å². The van der Waals surface area contributed by atoms with Gasteiger partial charge in [0.2, 0.25) is 11.7 Å². The fourth-order valence-electron chi connectivity index (χ4n) is 4.06. The van der Waals surface area contributed by atoms with E-state index in [1.807, 2.05) is 0 Å². The maximum atomic E-state index is 14.1. The van der Waals surface area contributed by atoms with Crippen molar-refractivity contribution in [3.8, 4) is 0 Å². The summed E-state index contributed by atoms with van der Waals surface area (Å²) in [6.45, 7) is -0.406. The minimum Gasteiger partial charge on any atom is -0.324 e. The number of amides is 1. The van der Waals surface area contributed by atoms with Gasteiger partial charge in [0.25, 0.3) is 0 Å². The van der Waals surface area contributed by atoms with Crippen molar-refractivity contribution in [3.63, 3.8) is 0 Å². The summed E-state index contributed by atoms with van der Waals surface area (Å²) in [5.74, 6) is -11.0. The molecular formula is C25H19F5N2O2. The molecule has 4 rings (SSSR count). The lowest BCUT2D eigenvalue weighted by Gasteiger charge is -2.24. The van der Waals surface area contributed by atoms with E-state index >= 15 is 0 Å². The highest BCUT2D eigenvalue weighted by molar-refractivity contribution is 6.14. The standard InChI is InChI=1S/C25H19F5N2O2/c26-19-16(20(27)22(29)23(30)21(19)28)13-32-12-6-11-18(32)25(34)31-17-10-5-4-9-15(17)24(33)14-7-2-1-3-8-14/h1-5,7-10,18H,6,11-13H2,(H,31,34)/t18-/m0/s1. The van der Waals surface area contributed by atoms with Gasteiger partial charge in [0.15, 0.2) is 29.1 Å². The zero-order chi connectivity index (χ0) is 24.4. The Morgan fingerprint density at radius 2 is 1.41 bits per heavy atom. The van der Waals surface area contributed by atoms with E-state index in [9.17, 15) is 31.5 Å². The van der Waals surface area contributed by atoms with Crippen LogP contribution in [-0.4, -0.2) is 29.2 Å². The van der Waals surface area contributed by atoms with Gasteiger partial charge in [0.1, 0.15) is 0 Å². The van der Waals surface area contributed by atoms with Crippen LogP contribution in [0.3, 0.4) is 0 Å². The lowest BCUT2D eigenvalue weighted by molar-refractivity contribution is -0.120. The first kappa shape index (κ1) is 23.6. The summed E-state index contributed by atoms with van der Waals surface area (Å²) in [6.07, 6.45) is 0.800. The van der Waals surface area contributed by atoms with Gasteiger partial charge >= 0.3 is 0 Å². The van der Waals surface area contributed by atoms with Crippen molar-refractivity contribution in [1.82, 2.24) is 4.90 Å². The number of anilines is 1. The third-order valence-corrected chi connectivity index (χ3v) is 5.79. The van der Waals surface area contributed by atoms with Crippen molar-refractivity contribution in [3.05, 3.63) is 100 Å². The number of benzene rings is 3. The van der Waals surface area contributed by atoms with Crippen LogP contribution in [0.1, 0.15) is 34.3 Å². The summed E-state index contributed by atoms with van der Waals surface area (Å²) in [5.41, 5.74) is -0.0513. The Hall–Kier alpha value is -3.59. The zero-order valence-electron chi connectivity index (χ0n) is 17.8. The number of likely N-dealkylation sites (tertiary alicyclic amines) is 1. The largest absolute Gasteiger partial charge is 0.324 e. The second-order valence-corrected chi connectivity index (χ2v) is 7.91. The number of hydrogen-bond acceptors (Lipinski definition) is 3. The van der Waals surface area contributed by atoms with Gasteiger partial charge in [-0.1, -0.05) is 42.5 Å². The molecule has 0 saturated carbocycles. The summed E-state index contributed by atoms with van der Waals surface area (Å²) in [4.78, 5) is 27.3. The fraction of sp³-hybridized carbons (Fsp3) is 0.200. The van der Waals surface area contributed by atoms with Crippen LogP contribution < -0.4 is 5.32 Å². The van der Waals surface area contributed by atoms with Crippen molar-refractivity contribution < 1.29 is 31.5 Å². The quantitative estimate of drug-likeness (QED) is 0.231. The Morgan fingerprint density at radius 1 is 0.824 bits per heavy atom. The van der Waals surface area contributed by atoms with Gasteiger partial charge in [-0.05, 0) is 31.5 Å². The van der Waals surface area contributed by atoms with Crippen LogP contribution in [0.25, 0.3) is 0 Å². The third kappa shape index (κ3) is 4.43. The molecule has 3 aromatic rings. The van der Waals surface area contributed by atoms with Crippen molar-refractivity contribution in [2.75, 3.05) is 11.9 Å². The number of para-hydroxylation sites is 1. The molecule has 0 bridgehead atoms. The molecule has 0 aliphatic carbocycles. The minimum absolute atomic E-state index is 0.224. The second-order valence-electron chi connectivity index (χ2n) is 7.91. The van der Waals surface area contributed by atoms with Gasteiger partial charge in [-0.25, -0.2) is 22.0 Å². The first-order valence-electron chi connectivity index (χ1n) is 10.5. The van der Waals surface area contributed by atoms with E-state index in [0.717, 1.165) is 0 Å². The van der Waals surface area contributed by atoms with Gasteiger partial charge < -0.3 is 5.32 Å². The van der Waals surface area contributed by atoms with Crippen LogP contribution >= 0.6 is 0 Å². The average molecular weight is 474 g/mol. The molecule has 4 nitrogen and oxygen atoms in total. The summed E-state index contributed by atoms with van der Waals surface area (Å²) < 4.78 is 68.8. The third-order valence-electron chi connectivity index (χ3n) is 5.79. The lowest BCUT2D eigenvalue weighted by atomic mass is 10.0. The van der Waals surface area contributed by atoms with E-state index in [2.05, 4.69) is 5.32 Å². The van der Waals surface area contributed by atoms with Crippen LogP contribution in [-0.2, 0) is 11.3 Å². The molecule has 0 spiro atoms. The predicted octanol–water partition coefficient (Wildman–Crippen LogP) is 5.22. The topological polar surface area (TPSA) is 49.4 Å². The first-order chi connectivity index (χ1) is 16.3. The van der Waals surface area contributed by atoms with Crippen LogP contribution in [0.15, 0.2) is 54.6 Å². The molecule has 1 atom stereocenters. The van der Waals surface area contributed by atoms with Crippen molar-refractivity contribution in [2.45, 2.75) is 25.4 Å². The summed E-state index contributed by atoms with van der Waals surface area (Å²) in [5, 5.41) is 2.68. The van der Waals surface area contributed by atoms with E-state index in [0.29, 0.717) is 18.4 Å². The van der Waals surface area contributed by atoms with E-state index in [1.54, 1.807) is 54.6 Å². The van der Waals surface area contributed by atoms with Gasteiger partial charge in [-0.15, -0.1) is 0 Å². The average Bonchev–Trinajstić information content (AvgIpc) is 3.33. The number of rotatable bonds is 6. The smallest absolute Gasteiger partial charge is 0.241 e. The van der Waals surface area contributed by atoms with E-state index in [1.165, 1.54) is 4.90 Å². The monoisotopic (exact) mass is 474 g/mol.